The Morgan fingerprint density at radius 1 is 1.27 bits per heavy atom. The van der Waals surface area contributed by atoms with Gasteiger partial charge < -0.3 is 10.2 Å². The molecule has 2 heterocycles. The summed E-state index contributed by atoms with van der Waals surface area (Å²) < 4.78 is 0. The van der Waals surface area contributed by atoms with Crippen LogP contribution in [0.1, 0.15) is 40.0 Å². The maximum absolute atomic E-state index is 3.67. The van der Waals surface area contributed by atoms with Gasteiger partial charge in [-0.1, -0.05) is 20.8 Å². The number of hydrogen-bond donors (Lipinski definition) is 1. The van der Waals surface area contributed by atoms with Crippen LogP contribution >= 0.6 is 0 Å². The fraction of sp³-hybridized carbons (Fsp3) is 1.00. The highest BCUT2D eigenvalue weighted by Gasteiger charge is 2.34. The van der Waals surface area contributed by atoms with E-state index >= 15 is 0 Å². The van der Waals surface area contributed by atoms with Gasteiger partial charge in [-0.3, -0.25) is 0 Å². The van der Waals surface area contributed by atoms with E-state index in [0.717, 1.165) is 12.0 Å². The standard InChI is InChI=1S/C13H26N2/c1-13(2,3)6-8-15-9-11-5-4-7-14-12(11)10-15/h11-12,14H,4-10H2,1-3H3/t11-,12+/m0/s1. The molecule has 2 atom stereocenters. The first kappa shape index (κ1) is 11.4. The van der Waals surface area contributed by atoms with E-state index < -0.39 is 0 Å². The van der Waals surface area contributed by atoms with Crippen LogP contribution in [0.3, 0.4) is 0 Å². The number of nitrogens with zero attached hydrogens (tertiary/aromatic N) is 1. The van der Waals surface area contributed by atoms with E-state index in [1.54, 1.807) is 0 Å². The van der Waals surface area contributed by atoms with Crippen molar-refractivity contribution in [1.82, 2.24) is 10.2 Å². The van der Waals surface area contributed by atoms with Crippen LogP contribution in [-0.4, -0.2) is 37.1 Å². The van der Waals surface area contributed by atoms with Gasteiger partial charge in [0.25, 0.3) is 0 Å². The minimum absolute atomic E-state index is 0.487. The van der Waals surface area contributed by atoms with E-state index in [9.17, 15) is 0 Å². The summed E-state index contributed by atoms with van der Waals surface area (Å²) in [4.78, 5) is 2.67. The zero-order valence-corrected chi connectivity index (χ0v) is 10.6. The maximum atomic E-state index is 3.67. The highest BCUT2D eigenvalue weighted by Crippen LogP contribution is 2.26. The topological polar surface area (TPSA) is 15.3 Å². The van der Waals surface area contributed by atoms with Crippen LogP contribution in [0.5, 0.6) is 0 Å². The third-order valence-electron chi connectivity index (χ3n) is 3.85. The molecule has 2 aliphatic rings. The molecule has 0 aromatic rings. The second kappa shape index (κ2) is 4.42. The van der Waals surface area contributed by atoms with E-state index in [0.29, 0.717) is 5.41 Å². The molecule has 0 amide bonds. The Kier molecular flexibility index (Phi) is 3.36. The van der Waals surface area contributed by atoms with Crippen molar-refractivity contribution in [3.63, 3.8) is 0 Å². The van der Waals surface area contributed by atoms with Crippen LogP contribution in [-0.2, 0) is 0 Å². The van der Waals surface area contributed by atoms with Crippen molar-refractivity contribution in [1.29, 1.82) is 0 Å². The third kappa shape index (κ3) is 3.18. The predicted octanol–water partition coefficient (Wildman–Crippen LogP) is 2.11. The van der Waals surface area contributed by atoms with E-state index in [4.69, 9.17) is 0 Å². The van der Waals surface area contributed by atoms with Gasteiger partial charge in [0.05, 0.1) is 0 Å². The van der Waals surface area contributed by atoms with Crippen LogP contribution < -0.4 is 5.32 Å². The van der Waals surface area contributed by atoms with Gasteiger partial charge in [0.2, 0.25) is 0 Å². The molecule has 2 saturated heterocycles. The van der Waals surface area contributed by atoms with Crippen molar-refractivity contribution in [2.45, 2.75) is 46.1 Å². The Labute approximate surface area is 94.4 Å². The van der Waals surface area contributed by atoms with Gasteiger partial charge in [-0.25, -0.2) is 0 Å². The monoisotopic (exact) mass is 210 g/mol. The van der Waals surface area contributed by atoms with Crippen LogP contribution in [0.15, 0.2) is 0 Å². The summed E-state index contributed by atoms with van der Waals surface area (Å²) in [7, 11) is 0. The average Bonchev–Trinajstić information content (AvgIpc) is 2.56. The molecule has 2 nitrogen and oxygen atoms in total. The minimum atomic E-state index is 0.487. The zero-order valence-electron chi connectivity index (χ0n) is 10.6. The molecule has 15 heavy (non-hydrogen) atoms. The van der Waals surface area contributed by atoms with Crippen molar-refractivity contribution in [2.75, 3.05) is 26.2 Å². The molecule has 0 aromatic heterocycles. The SMILES string of the molecule is CC(C)(C)CCN1C[C@@H]2CCCN[C@@H]2C1. The summed E-state index contributed by atoms with van der Waals surface area (Å²) in [5, 5.41) is 3.67. The highest BCUT2D eigenvalue weighted by atomic mass is 15.2. The summed E-state index contributed by atoms with van der Waals surface area (Å²) in [5.41, 5.74) is 0.487. The number of fused-ring (bicyclic) bond motifs is 1. The minimum Gasteiger partial charge on any atom is -0.312 e. The van der Waals surface area contributed by atoms with Crippen molar-refractivity contribution >= 4 is 0 Å². The van der Waals surface area contributed by atoms with Gasteiger partial charge in [-0.05, 0) is 43.7 Å². The molecular formula is C13H26N2. The van der Waals surface area contributed by atoms with Crippen LogP contribution in [0, 0.1) is 11.3 Å². The fourth-order valence-electron chi connectivity index (χ4n) is 2.81. The summed E-state index contributed by atoms with van der Waals surface area (Å²) >= 11 is 0. The normalized spacial score (nSPS) is 33.0. The molecule has 1 N–H and O–H groups in total. The third-order valence-corrected chi connectivity index (χ3v) is 3.85. The molecule has 0 unspecified atom stereocenters. The van der Waals surface area contributed by atoms with Crippen molar-refractivity contribution in [3.05, 3.63) is 0 Å². The number of likely N-dealkylation sites (tertiary alicyclic amines) is 1. The molecule has 2 heteroatoms. The maximum Gasteiger partial charge on any atom is 0.0235 e. The van der Waals surface area contributed by atoms with Crippen LogP contribution in [0.2, 0.25) is 0 Å². The molecule has 2 aliphatic heterocycles. The van der Waals surface area contributed by atoms with Gasteiger partial charge in [-0.2, -0.15) is 0 Å². The Hall–Kier alpha value is -0.0800. The molecule has 0 radical (unpaired) electrons. The average molecular weight is 210 g/mol. The quantitative estimate of drug-likeness (QED) is 0.751. The molecule has 0 spiro atoms. The number of rotatable bonds is 2. The predicted molar refractivity (Wildman–Crippen MR) is 65.0 cm³/mol. The number of hydrogen-bond acceptors (Lipinski definition) is 2. The van der Waals surface area contributed by atoms with Gasteiger partial charge in [0.15, 0.2) is 0 Å². The molecule has 0 aliphatic carbocycles. The first-order valence-corrected chi connectivity index (χ1v) is 6.50. The van der Waals surface area contributed by atoms with E-state index in [2.05, 4.69) is 31.0 Å². The van der Waals surface area contributed by atoms with Gasteiger partial charge in [0, 0.05) is 19.1 Å². The zero-order chi connectivity index (χ0) is 10.9. The van der Waals surface area contributed by atoms with Crippen molar-refractivity contribution < 1.29 is 0 Å². The number of piperidine rings is 1. The second-order valence-electron chi connectivity index (χ2n) is 6.53. The Balaban J connectivity index is 1.77. The second-order valence-corrected chi connectivity index (χ2v) is 6.53. The lowest BCUT2D eigenvalue weighted by Gasteiger charge is -2.24. The molecule has 2 rings (SSSR count). The summed E-state index contributed by atoms with van der Waals surface area (Å²) in [6.07, 6.45) is 4.16. The fourth-order valence-corrected chi connectivity index (χ4v) is 2.81. The van der Waals surface area contributed by atoms with E-state index in [-0.39, 0.29) is 0 Å². The number of nitrogens with one attached hydrogen (secondary N) is 1. The van der Waals surface area contributed by atoms with Gasteiger partial charge in [0.1, 0.15) is 0 Å². The van der Waals surface area contributed by atoms with E-state index in [1.807, 2.05) is 0 Å². The van der Waals surface area contributed by atoms with Crippen LogP contribution in [0.4, 0.5) is 0 Å². The van der Waals surface area contributed by atoms with Crippen molar-refractivity contribution in [2.24, 2.45) is 11.3 Å². The molecule has 0 bridgehead atoms. The lowest BCUT2D eigenvalue weighted by molar-refractivity contribution is 0.257. The first-order valence-electron chi connectivity index (χ1n) is 6.50. The van der Waals surface area contributed by atoms with Gasteiger partial charge in [-0.15, -0.1) is 0 Å². The Morgan fingerprint density at radius 3 is 2.73 bits per heavy atom. The highest BCUT2D eigenvalue weighted by molar-refractivity contribution is 4.91. The molecule has 0 aromatic carbocycles. The summed E-state index contributed by atoms with van der Waals surface area (Å²) in [6.45, 7) is 12.2. The van der Waals surface area contributed by atoms with Gasteiger partial charge >= 0.3 is 0 Å². The molecule has 2 fully saturated rings. The summed E-state index contributed by atoms with van der Waals surface area (Å²) in [5.74, 6) is 0.943. The van der Waals surface area contributed by atoms with Crippen molar-refractivity contribution in [3.8, 4) is 0 Å². The Morgan fingerprint density at radius 2 is 2.07 bits per heavy atom. The lowest BCUT2D eigenvalue weighted by Crippen LogP contribution is -2.40. The molecular weight excluding hydrogens is 184 g/mol. The lowest BCUT2D eigenvalue weighted by atomic mass is 9.92. The Bertz CT molecular complexity index is 193. The first-order chi connectivity index (χ1) is 7.04. The van der Waals surface area contributed by atoms with Crippen LogP contribution in [0.25, 0.3) is 0 Å². The largest absolute Gasteiger partial charge is 0.312 e. The van der Waals surface area contributed by atoms with E-state index in [1.165, 1.54) is 45.4 Å². The molecule has 88 valence electrons. The molecule has 0 saturated carbocycles. The smallest absolute Gasteiger partial charge is 0.0235 e. The summed E-state index contributed by atoms with van der Waals surface area (Å²) in [6, 6.07) is 0.804.